The van der Waals surface area contributed by atoms with Crippen molar-refractivity contribution in [3.63, 3.8) is 0 Å². The molecule has 0 radical (unpaired) electrons. The smallest absolute Gasteiger partial charge is 0.360 e. The van der Waals surface area contributed by atoms with Crippen LogP contribution in [-0.2, 0) is 20.6 Å². The molecule has 0 aliphatic heterocycles. The highest BCUT2D eigenvalue weighted by Crippen LogP contribution is 2.36. The third-order valence-electron chi connectivity index (χ3n) is 4.02. The van der Waals surface area contributed by atoms with Crippen LogP contribution in [0.1, 0.15) is 18.4 Å². The summed E-state index contributed by atoms with van der Waals surface area (Å²) in [7, 11) is -1.25. The summed E-state index contributed by atoms with van der Waals surface area (Å²) >= 11 is 0. The van der Waals surface area contributed by atoms with Gasteiger partial charge in [0, 0.05) is 12.8 Å². The number of benzene rings is 2. The molecule has 3 unspecified atom stereocenters. The summed E-state index contributed by atoms with van der Waals surface area (Å²) in [6, 6.07) is 13.1. The Labute approximate surface area is 140 Å². The van der Waals surface area contributed by atoms with Crippen LogP contribution in [-0.4, -0.2) is 27.4 Å². The Morgan fingerprint density at radius 1 is 1.17 bits per heavy atom. The normalized spacial score (nSPS) is 15.0. The first kappa shape index (κ1) is 18.0. The fourth-order valence-corrected chi connectivity index (χ4v) is 3.43. The van der Waals surface area contributed by atoms with Gasteiger partial charge in [0.2, 0.25) is 5.91 Å². The lowest BCUT2D eigenvalue weighted by atomic mass is 9.90. The average Bonchev–Trinajstić information content (AvgIpc) is 2.54. The Bertz CT molecular complexity index is 778. The van der Waals surface area contributed by atoms with E-state index < -0.39 is 31.6 Å². The van der Waals surface area contributed by atoms with Crippen molar-refractivity contribution in [2.45, 2.75) is 24.6 Å². The molecule has 0 heterocycles. The number of nitrogens with two attached hydrogens (primary N) is 1. The summed E-state index contributed by atoms with van der Waals surface area (Å²) in [5, 5.41) is 20.0. The monoisotopic (exact) mass is 348 g/mol. The molecular formula is C17H19NO5P+. The van der Waals surface area contributed by atoms with E-state index in [9.17, 15) is 24.4 Å². The zero-order valence-corrected chi connectivity index (χ0v) is 13.9. The summed E-state index contributed by atoms with van der Waals surface area (Å²) < 4.78 is 11.6. The van der Waals surface area contributed by atoms with Crippen molar-refractivity contribution in [3.8, 4) is 0 Å². The number of aliphatic hydroxyl groups is 1. The molecule has 2 aromatic rings. The van der Waals surface area contributed by atoms with Gasteiger partial charge in [-0.3, -0.25) is 9.59 Å². The summed E-state index contributed by atoms with van der Waals surface area (Å²) in [5.74, 6) is -3.31. The van der Waals surface area contributed by atoms with Crippen LogP contribution in [0.5, 0.6) is 0 Å². The van der Waals surface area contributed by atoms with E-state index in [-0.39, 0.29) is 19.3 Å². The first-order valence-electron chi connectivity index (χ1n) is 7.46. The van der Waals surface area contributed by atoms with Crippen LogP contribution >= 0.6 is 8.46 Å². The van der Waals surface area contributed by atoms with E-state index in [1.165, 1.54) is 0 Å². The van der Waals surface area contributed by atoms with Gasteiger partial charge in [-0.2, -0.15) is 0 Å². The number of primary amides is 1. The molecule has 2 aromatic carbocycles. The summed E-state index contributed by atoms with van der Waals surface area (Å²) in [5.41, 5.74) is 5.72. The predicted octanol–water partition coefficient (Wildman–Crippen LogP) is 2.06. The van der Waals surface area contributed by atoms with Crippen LogP contribution in [0.15, 0.2) is 42.5 Å². The van der Waals surface area contributed by atoms with Crippen molar-refractivity contribution >= 4 is 31.1 Å². The van der Waals surface area contributed by atoms with E-state index in [2.05, 4.69) is 0 Å². The average molecular weight is 348 g/mol. The lowest BCUT2D eigenvalue weighted by molar-refractivity contribution is -0.147. The van der Waals surface area contributed by atoms with Crippen molar-refractivity contribution in [3.05, 3.63) is 48.0 Å². The fourth-order valence-electron chi connectivity index (χ4n) is 2.74. The second kappa shape index (κ2) is 7.51. The van der Waals surface area contributed by atoms with Crippen LogP contribution in [0.25, 0.3) is 10.8 Å². The molecule has 0 aromatic heterocycles. The van der Waals surface area contributed by atoms with Crippen molar-refractivity contribution in [2.24, 2.45) is 11.7 Å². The number of hydrogen-bond acceptors (Lipinski definition) is 4. The lowest BCUT2D eigenvalue weighted by Crippen LogP contribution is -2.40. The van der Waals surface area contributed by atoms with Crippen LogP contribution in [0.3, 0.4) is 0 Å². The second-order valence-corrected chi connectivity index (χ2v) is 6.85. The topological polar surface area (TPSA) is 118 Å². The minimum atomic E-state index is -1.95. The van der Waals surface area contributed by atoms with Gasteiger partial charge in [-0.1, -0.05) is 47.0 Å². The Hall–Kier alpha value is -2.30. The Morgan fingerprint density at radius 3 is 2.42 bits per heavy atom. The summed E-state index contributed by atoms with van der Waals surface area (Å²) in [6.45, 7) is 0. The van der Waals surface area contributed by atoms with E-state index >= 15 is 0 Å². The highest BCUT2D eigenvalue weighted by Gasteiger charge is 2.49. The molecule has 0 bridgehead atoms. The number of carboxylic acids is 1. The van der Waals surface area contributed by atoms with Gasteiger partial charge in [0.05, 0.1) is 0 Å². The molecule has 0 spiro atoms. The number of carboxylic acid groups (broad SMARTS) is 1. The molecular weight excluding hydrogens is 329 g/mol. The van der Waals surface area contributed by atoms with Gasteiger partial charge in [0.15, 0.2) is 0 Å². The van der Waals surface area contributed by atoms with Crippen molar-refractivity contribution < 1.29 is 24.4 Å². The van der Waals surface area contributed by atoms with Gasteiger partial charge in [-0.05, 0) is 22.8 Å². The fraction of sp³-hybridized carbons (Fsp3) is 0.294. The van der Waals surface area contributed by atoms with Crippen LogP contribution in [0.2, 0.25) is 0 Å². The summed E-state index contributed by atoms with van der Waals surface area (Å²) in [6.07, 6.45) is -0.443. The van der Waals surface area contributed by atoms with Gasteiger partial charge in [-0.25, -0.2) is 0 Å². The minimum Gasteiger partial charge on any atom is -0.481 e. The molecule has 24 heavy (non-hydrogen) atoms. The second-order valence-electron chi connectivity index (χ2n) is 5.78. The molecule has 7 heteroatoms. The minimum absolute atomic E-state index is 0.0878. The number of carbonyl (C=O) groups is 2. The van der Waals surface area contributed by atoms with Gasteiger partial charge in [0.25, 0.3) is 5.34 Å². The quantitative estimate of drug-likeness (QED) is 0.631. The standard InChI is InChI=1S/C17H18NO5P/c18-15(19)8-7-14(16(20)21)17(22,24-23)10-11-5-6-12-3-1-2-4-13(12)9-11/h1-6,9,14,22H,7-8,10H2,(H2,18,19)(H,20,21)/p+1. The van der Waals surface area contributed by atoms with Crippen molar-refractivity contribution in [1.29, 1.82) is 0 Å². The summed E-state index contributed by atoms with van der Waals surface area (Å²) in [4.78, 5) is 22.4. The van der Waals surface area contributed by atoms with Crippen LogP contribution in [0, 0.1) is 5.92 Å². The van der Waals surface area contributed by atoms with Gasteiger partial charge in [-0.15, -0.1) is 0 Å². The third kappa shape index (κ3) is 4.16. The Balaban J connectivity index is 2.30. The highest BCUT2D eigenvalue weighted by molar-refractivity contribution is 7.25. The van der Waals surface area contributed by atoms with Gasteiger partial charge >= 0.3 is 14.4 Å². The lowest BCUT2D eigenvalue weighted by Gasteiger charge is -2.22. The molecule has 1 amide bonds. The zero-order valence-electron chi connectivity index (χ0n) is 12.9. The van der Waals surface area contributed by atoms with Crippen LogP contribution in [0.4, 0.5) is 0 Å². The molecule has 126 valence electrons. The number of rotatable bonds is 8. The van der Waals surface area contributed by atoms with E-state index in [4.69, 9.17) is 5.73 Å². The van der Waals surface area contributed by atoms with E-state index in [0.29, 0.717) is 5.56 Å². The van der Waals surface area contributed by atoms with E-state index in [1.807, 2.05) is 36.4 Å². The van der Waals surface area contributed by atoms with E-state index in [0.717, 1.165) is 10.8 Å². The molecule has 0 fully saturated rings. The first-order valence-corrected chi connectivity index (χ1v) is 8.37. The molecule has 6 nitrogen and oxygen atoms in total. The molecule has 0 saturated heterocycles. The SMILES string of the molecule is NC(=O)CCC(C(=O)O)C(O)(Cc1ccc2ccccc2c1)[PH+]=O. The van der Waals surface area contributed by atoms with Crippen molar-refractivity contribution in [2.75, 3.05) is 0 Å². The number of carbonyl (C=O) groups excluding carboxylic acids is 1. The first-order chi connectivity index (χ1) is 11.4. The molecule has 4 N–H and O–H groups in total. The molecule has 2 rings (SSSR count). The van der Waals surface area contributed by atoms with E-state index in [1.54, 1.807) is 6.07 Å². The third-order valence-corrected chi connectivity index (χ3v) is 4.90. The number of amides is 1. The number of aliphatic carboxylic acids is 1. The highest BCUT2D eigenvalue weighted by atomic mass is 31.1. The maximum Gasteiger partial charge on any atom is 0.360 e. The Kier molecular flexibility index (Phi) is 5.65. The predicted molar refractivity (Wildman–Crippen MR) is 91.2 cm³/mol. The maximum atomic E-state index is 11.6. The Morgan fingerprint density at radius 2 is 1.83 bits per heavy atom. The molecule has 0 saturated carbocycles. The molecule has 0 aliphatic rings. The molecule has 3 atom stereocenters. The van der Waals surface area contributed by atoms with Gasteiger partial charge < -0.3 is 15.9 Å². The van der Waals surface area contributed by atoms with Crippen molar-refractivity contribution in [1.82, 2.24) is 0 Å². The number of hydrogen-bond donors (Lipinski definition) is 3. The molecule has 0 aliphatic carbocycles. The largest absolute Gasteiger partial charge is 0.481 e. The number of fused-ring (bicyclic) bond motifs is 1. The van der Waals surface area contributed by atoms with Gasteiger partial charge in [0.1, 0.15) is 5.92 Å². The maximum absolute atomic E-state index is 11.6. The zero-order chi connectivity index (χ0) is 17.7. The van der Waals surface area contributed by atoms with Crippen LogP contribution < -0.4 is 5.73 Å².